The Labute approximate surface area is 187 Å². The molecule has 2 aromatic heterocycles. The maximum atomic E-state index is 11.9. The van der Waals surface area contributed by atoms with Gasteiger partial charge >= 0.3 is 0 Å². The molecule has 1 aliphatic rings. The number of amides is 1. The molecule has 1 saturated heterocycles. The van der Waals surface area contributed by atoms with Crippen LogP contribution in [0.3, 0.4) is 0 Å². The van der Waals surface area contributed by atoms with Crippen LogP contribution in [-0.4, -0.2) is 27.7 Å². The molecule has 4 rings (SSSR count). The van der Waals surface area contributed by atoms with Crippen molar-refractivity contribution in [2.75, 3.05) is 17.3 Å². The van der Waals surface area contributed by atoms with Gasteiger partial charge < -0.3 is 24.8 Å². The first-order valence-corrected chi connectivity index (χ1v) is 10.5. The van der Waals surface area contributed by atoms with Gasteiger partial charge in [-0.15, -0.1) is 0 Å². The second kappa shape index (κ2) is 8.77. The van der Waals surface area contributed by atoms with Crippen LogP contribution < -0.4 is 20.3 Å². The van der Waals surface area contributed by atoms with Crippen molar-refractivity contribution in [2.45, 2.75) is 25.4 Å². The average Bonchev–Trinajstić information content (AvgIpc) is 3.36. The lowest BCUT2D eigenvalue weighted by atomic mass is 10.0. The Bertz CT molecular complexity index is 1100. The first kappa shape index (κ1) is 20.9. The van der Waals surface area contributed by atoms with Crippen LogP contribution >= 0.6 is 12.2 Å². The molecule has 0 bridgehead atoms. The molecule has 0 saturated carbocycles. The Morgan fingerprint density at radius 3 is 2.74 bits per heavy atom. The number of hydrogen-bond donors (Lipinski definition) is 2. The highest BCUT2D eigenvalue weighted by atomic mass is 32.1. The zero-order valence-electron chi connectivity index (χ0n) is 17.7. The lowest BCUT2D eigenvalue weighted by molar-refractivity contribution is -0.115. The van der Waals surface area contributed by atoms with Gasteiger partial charge in [-0.1, -0.05) is 13.0 Å². The fourth-order valence-corrected chi connectivity index (χ4v) is 4.23. The molecular formula is C23H25N5O2S. The number of pyridine rings is 1. The number of aromatic nitrogens is 2. The molecule has 1 fully saturated rings. The van der Waals surface area contributed by atoms with E-state index >= 15 is 0 Å². The van der Waals surface area contributed by atoms with Gasteiger partial charge in [0.25, 0.3) is 0 Å². The molecule has 0 radical (unpaired) electrons. The van der Waals surface area contributed by atoms with Crippen LogP contribution in [0.2, 0.25) is 0 Å². The van der Waals surface area contributed by atoms with Gasteiger partial charge in [0.2, 0.25) is 5.91 Å². The van der Waals surface area contributed by atoms with Gasteiger partial charge in [0.15, 0.2) is 5.11 Å². The van der Waals surface area contributed by atoms with E-state index in [1.807, 2.05) is 62.6 Å². The highest BCUT2D eigenvalue weighted by Crippen LogP contribution is 2.43. The normalized spacial score (nSPS) is 18.0. The molecule has 3 heterocycles. The number of rotatable bonds is 6. The number of carbonyl (C=O) groups is 1. The van der Waals surface area contributed by atoms with E-state index in [-0.39, 0.29) is 18.0 Å². The van der Waals surface area contributed by atoms with E-state index in [4.69, 9.17) is 17.0 Å². The summed E-state index contributed by atoms with van der Waals surface area (Å²) in [6, 6.07) is 15.5. The molecule has 8 heteroatoms. The molecule has 1 amide bonds. The quantitative estimate of drug-likeness (QED) is 0.571. The van der Waals surface area contributed by atoms with Crippen molar-refractivity contribution in [1.82, 2.24) is 14.9 Å². The van der Waals surface area contributed by atoms with Crippen LogP contribution in [0.4, 0.5) is 11.4 Å². The molecule has 0 unspecified atom stereocenters. The van der Waals surface area contributed by atoms with E-state index < -0.39 is 0 Å². The Morgan fingerprint density at radius 1 is 1.26 bits per heavy atom. The topological polar surface area (TPSA) is 71.4 Å². The molecule has 160 valence electrons. The maximum absolute atomic E-state index is 11.9. The number of carbonyl (C=O) groups excluding carboxylic acids is 1. The van der Waals surface area contributed by atoms with Crippen molar-refractivity contribution in [3.63, 3.8) is 0 Å². The van der Waals surface area contributed by atoms with E-state index in [0.29, 0.717) is 23.0 Å². The summed E-state index contributed by atoms with van der Waals surface area (Å²) in [5, 5.41) is 6.93. The number of methoxy groups -OCH3 is 1. The lowest BCUT2D eigenvalue weighted by Crippen LogP contribution is -2.30. The average molecular weight is 436 g/mol. The standard InChI is InChI=1S/C23H25N5O2S/c1-4-20(29)25-16-11-10-15(14-19(16)30-3)28-22(18-9-7-13-27(18)2)21(26-23(28)31)17-8-5-6-12-24-17/h5-14,21-22H,4H2,1-3H3,(H,25,29)(H,26,31)/t21-,22-/m1/s1. The van der Waals surface area contributed by atoms with E-state index in [9.17, 15) is 4.79 Å². The van der Waals surface area contributed by atoms with Crippen molar-refractivity contribution in [3.05, 3.63) is 72.3 Å². The first-order valence-electron chi connectivity index (χ1n) is 10.1. The van der Waals surface area contributed by atoms with E-state index in [1.165, 1.54) is 0 Å². The summed E-state index contributed by atoms with van der Waals surface area (Å²) < 4.78 is 7.66. The Balaban J connectivity index is 1.78. The molecule has 31 heavy (non-hydrogen) atoms. The van der Waals surface area contributed by atoms with Gasteiger partial charge in [-0.25, -0.2) is 0 Å². The Kier molecular flexibility index (Phi) is 5.90. The predicted octanol–water partition coefficient (Wildman–Crippen LogP) is 3.95. The minimum atomic E-state index is -0.118. The third-order valence-electron chi connectivity index (χ3n) is 5.44. The minimum absolute atomic E-state index is 0.0682. The Morgan fingerprint density at radius 2 is 2.10 bits per heavy atom. The fraction of sp³-hybridized carbons (Fsp3) is 0.261. The molecule has 1 aromatic carbocycles. The molecule has 0 aliphatic carbocycles. The first-order chi connectivity index (χ1) is 15.0. The number of benzene rings is 1. The lowest BCUT2D eigenvalue weighted by Gasteiger charge is -2.28. The SMILES string of the molecule is CCC(=O)Nc1ccc(N2C(=S)N[C@H](c3ccccn3)[C@H]2c2cccn2C)cc1OC. The summed E-state index contributed by atoms with van der Waals surface area (Å²) in [6.07, 6.45) is 4.21. The largest absolute Gasteiger partial charge is 0.494 e. The van der Waals surface area contributed by atoms with Crippen LogP contribution in [0.5, 0.6) is 5.75 Å². The highest BCUT2D eigenvalue weighted by Gasteiger charge is 2.42. The van der Waals surface area contributed by atoms with Crippen molar-refractivity contribution >= 4 is 34.6 Å². The van der Waals surface area contributed by atoms with Crippen LogP contribution in [0.25, 0.3) is 0 Å². The van der Waals surface area contributed by atoms with Crippen molar-refractivity contribution in [3.8, 4) is 5.75 Å². The molecule has 3 aromatic rings. The second-order valence-electron chi connectivity index (χ2n) is 7.33. The third-order valence-corrected chi connectivity index (χ3v) is 5.76. The molecular weight excluding hydrogens is 410 g/mol. The number of anilines is 2. The van der Waals surface area contributed by atoms with Gasteiger partial charge in [0.1, 0.15) is 11.8 Å². The summed E-state index contributed by atoms with van der Waals surface area (Å²) in [4.78, 5) is 18.5. The van der Waals surface area contributed by atoms with Gasteiger partial charge in [0.05, 0.1) is 24.5 Å². The summed E-state index contributed by atoms with van der Waals surface area (Å²) in [7, 11) is 3.61. The van der Waals surface area contributed by atoms with Crippen LogP contribution in [-0.2, 0) is 11.8 Å². The summed E-state index contributed by atoms with van der Waals surface area (Å²) >= 11 is 5.76. The van der Waals surface area contributed by atoms with E-state index in [2.05, 4.69) is 31.2 Å². The van der Waals surface area contributed by atoms with Crippen LogP contribution in [0.15, 0.2) is 60.9 Å². The number of aryl methyl sites for hydroxylation is 1. The van der Waals surface area contributed by atoms with Crippen LogP contribution in [0, 0.1) is 0 Å². The van der Waals surface area contributed by atoms with Gasteiger partial charge in [-0.3, -0.25) is 9.78 Å². The maximum Gasteiger partial charge on any atom is 0.224 e. The van der Waals surface area contributed by atoms with Crippen molar-refractivity contribution in [1.29, 1.82) is 0 Å². The smallest absolute Gasteiger partial charge is 0.224 e. The Hall–Kier alpha value is -3.39. The minimum Gasteiger partial charge on any atom is -0.494 e. The number of nitrogens with one attached hydrogen (secondary N) is 2. The van der Waals surface area contributed by atoms with E-state index in [1.54, 1.807) is 13.3 Å². The fourth-order valence-electron chi connectivity index (χ4n) is 3.89. The van der Waals surface area contributed by atoms with Crippen LogP contribution in [0.1, 0.15) is 36.8 Å². The summed E-state index contributed by atoms with van der Waals surface area (Å²) in [5.41, 5.74) is 3.52. The number of ether oxygens (including phenoxy) is 1. The molecule has 1 aliphatic heterocycles. The summed E-state index contributed by atoms with van der Waals surface area (Å²) in [6.45, 7) is 1.81. The van der Waals surface area contributed by atoms with Gasteiger partial charge in [-0.05, 0) is 48.6 Å². The van der Waals surface area contributed by atoms with Crippen molar-refractivity contribution in [2.24, 2.45) is 7.05 Å². The van der Waals surface area contributed by atoms with Gasteiger partial charge in [0, 0.05) is 43.3 Å². The molecule has 0 spiro atoms. The molecule has 2 atom stereocenters. The monoisotopic (exact) mass is 435 g/mol. The van der Waals surface area contributed by atoms with Crippen molar-refractivity contribution < 1.29 is 9.53 Å². The van der Waals surface area contributed by atoms with Gasteiger partial charge in [-0.2, -0.15) is 0 Å². The summed E-state index contributed by atoms with van der Waals surface area (Å²) in [5.74, 6) is 0.510. The second-order valence-corrected chi connectivity index (χ2v) is 7.71. The third kappa shape index (κ3) is 3.98. The molecule has 2 N–H and O–H groups in total. The zero-order valence-corrected chi connectivity index (χ0v) is 18.5. The zero-order chi connectivity index (χ0) is 22.0. The van der Waals surface area contributed by atoms with E-state index in [0.717, 1.165) is 17.1 Å². The number of thiocarbonyl (C=S) groups is 1. The molecule has 7 nitrogen and oxygen atoms in total. The predicted molar refractivity (Wildman–Crippen MR) is 125 cm³/mol. The number of nitrogens with zero attached hydrogens (tertiary/aromatic N) is 3. The number of hydrogen-bond acceptors (Lipinski definition) is 4. The highest BCUT2D eigenvalue weighted by molar-refractivity contribution is 7.80.